The summed E-state index contributed by atoms with van der Waals surface area (Å²) in [5.74, 6) is -2.01. The zero-order valence-corrected chi connectivity index (χ0v) is 27.2. The van der Waals surface area contributed by atoms with Crippen molar-refractivity contribution >= 4 is 31.7 Å². The summed E-state index contributed by atoms with van der Waals surface area (Å²) < 4.78 is 51.8. The second-order valence-electron chi connectivity index (χ2n) is 11.3. The number of halogens is 1. The van der Waals surface area contributed by atoms with Crippen molar-refractivity contribution in [2.45, 2.75) is 78.7 Å². The summed E-state index contributed by atoms with van der Waals surface area (Å²) in [6.45, 7) is 7.29. The standard InChI is InChI=1S/C31H44FN4O8P/c1-5-11-23(12-6-2)19-41-29(38)22(4)35-45(40,44-25-14-9-8-10-15-25)43-21-31(20-42-27(37)13-7-3)16-24(31)17-36-18-26(32)28(33)34-30(36)39/h8-10,14-15,17-18,22-23H,5-7,11-13,16,19-21H2,1-4H3,(H,35,40)(H2,33,34,39)/b24-17-/t22?,31?,45-/m0/s1. The summed E-state index contributed by atoms with van der Waals surface area (Å²) >= 11 is 0. The maximum Gasteiger partial charge on any atom is 0.459 e. The SMILES string of the molecule is CCCC(=O)OCC1(CO[P@@](=O)(NC(C)C(=O)OCC(CCC)CCC)Oc2ccccc2)C/C1=C/n1cc(F)c(N)nc1=O. The maximum atomic E-state index is 14.1. The number of benzene rings is 1. The summed E-state index contributed by atoms with van der Waals surface area (Å²) in [6, 6.07) is 7.24. The molecule has 3 atom stereocenters. The highest BCUT2D eigenvalue weighted by molar-refractivity contribution is 7.52. The van der Waals surface area contributed by atoms with E-state index in [4.69, 9.17) is 24.3 Å². The molecule has 1 heterocycles. The van der Waals surface area contributed by atoms with Crippen molar-refractivity contribution in [3.63, 3.8) is 0 Å². The van der Waals surface area contributed by atoms with E-state index in [2.05, 4.69) is 23.9 Å². The second kappa shape index (κ2) is 16.7. The van der Waals surface area contributed by atoms with Gasteiger partial charge in [0, 0.05) is 12.6 Å². The van der Waals surface area contributed by atoms with Crippen molar-refractivity contribution in [2.24, 2.45) is 11.3 Å². The predicted molar refractivity (Wildman–Crippen MR) is 168 cm³/mol. The van der Waals surface area contributed by atoms with E-state index in [0.717, 1.165) is 36.4 Å². The first-order valence-electron chi connectivity index (χ1n) is 15.3. The van der Waals surface area contributed by atoms with Crippen LogP contribution in [-0.2, 0) is 28.2 Å². The van der Waals surface area contributed by atoms with Crippen molar-refractivity contribution in [1.29, 1.82) is 0 Å². The number of nitrogens with two attached hydrogens (primary N) is 1. The number of nitrogens with one attached hydrogen (secondary N) is 1. The first-order chi connectivity index (χ1) is 21.4. The highest BCUT2D eigenvalue weighted by atomic mass is 31.2. The van der Waals surface area contributed by atoms with E-state index in [1.54, 1.807) is 30.3 Å². The first kappa shape index (κ1) is 35.9. The molecule has 1 saturated carbocycles. The molecule has 0 saturated heterocycles. The van der Waals surface area contributed by atoms with E-state index >= 15 is 0 Å². The monoisotopic (exact) mass is 650 g/mol. The number of hydrogen-bond acceptors (Lipinski definition) is 10. The molecule has 0 amide bonds. The summed E-state index contributed by atoms with van der Waals surface area (Å²) in [5, 5.41) is 2.68. The molecule has 0 radical (unpaired) electrons. The molecule has 12 nitrogen and oxygen atoms in total. The number of hydrogen-bond donors (Lipinski definition) is 2. The molecule has 1 aromatic heterocycles. The topological polar surface area (TPSA) is 161 Å². The van der Waals surface area contributed by atoms with Crippen LogP contribution in [0.2, 0.25) is 0 Å². The van der Waals surface area contributed by atoms with Gasteiger partial charge in [0.05, 0.1) is 24.8 Å². The van der Waals surface area contributed by atoms with E-state index in [1.165, 1.54) is 13.1 Å². The van der Waals surface area contributed by atoms with Gasteiger partial charge in [0.25, 0.3) is 0 Å². The van der Waals surface area contributed by atoms with Crippen LogP contribution < -0.4 is 21.0 Å². The van der Waals surface area contributed by atoms with Crippen molar-refractivity contribution in [3.8, 4) is 5.75 Å². The minimum atomic E-state index is -4.25. The van der Waals surface area contributed by atoms with Crippen LogP contribution in [0.15, 0.2) is 46.9 Å². The van der Waals surface area contributed by atoms with Crippen LogP contribution in [0.3, 0.4) is 0 Å². The van der Waals surface area contributed by atoms with Crippen LogP contribution in [0, 0.1) is 17.2 Å². The lowest BCUT2D eigenvalue weighted by molar-refractivity contribution is -0.147. The quantitative estimate of drug-likeness (QED) is 0.146. The zero-order chi connectivity index (χ0) is 33.0. The molecule has 2 unspecified atom stereocenters. The average molecular weight is 651 g/mol. The van der Waals surface area contributed by atoms with Crippen LogP contribution in [0.4, 0.5) is 10.2 Å². The van der Waals surface area contributed by atoms with E-state index in [9.17, 15) is 23.3 Å². The molecule has 248 valence electrons. The molecule has 3 rings (SSSR count). The maximum absolute atomic E-state index is 14.1. The molecule has 1 aliphatic carbocycles. The third-order valence-electron chi connectivity index (χ3n) is 7.32. The Bertz CT molecular complexity index is 1430. The normalized spacial score (nSPS) is 18.8. The Hall–Kier alpha value is -3.54. The van der Waals surface area contributed by atoms with Gasteiger partial charge in [-0.25, -0.2) is 13.8 Å². The number of rotatable bonds is 19. The minimum absolute atomic E-state index is 0.156. The lowest BCUT2D eigenvalue weighted by atomic mass is 9.99. The van der Waals surface area contributed by atoms with Crippen molar-refractivity contribution in [1.82, 2.24) is 14.6 Å². The number of esters is 2. The Morgan fingerprint density at radius 3 is 2.47 bits per heavy atom. The Kier molecular flexibility index (Phi) is 13.3. The number of ether oxygens (including phenoxy) is 2. The van der Waals surface area contributed by atoms with Gasteiger partial charge in [-0.3, -0.25) is 18.7 Å². The largest absolute Gasteiger partial charge is 0.465 e. The molecule has 0 spiro atoms. The highest BCUT2D eigenvalue weighted by Crippen LogP contribution is 2.56. The number of carbonyl (C=O) groups excluding carboxylic acids is 2. The molecule has 1 fully saturated rings. The fourth-order valence-electron chi connectivity index (χ4n) is 4.71. The Labute approximate surface area is 263 Å². The van der Waals surface area contributed by atoms with Crippen molar-refractivity contribution in [3.05, 3.63) is 58.4 Å². The average Bonchev–Trinajstić information content (AvgIpc) is 3.69. The number of aromatic nitrogens is 2. The molecular weight excluding hydrogens is 606 g/mol. The Morgan fingerprint density at radius 2 is 1.82 bits per heavy atom. The molecule has 1 aliphatic rings. The number of carbonyl (C=O) groups is 2. The fourth-order valence-corrected chi connectivity index (χ4v) is 6.28. The van der Waals surface area contributed by atoms with E-state index < -0.39 is 48.5 Å². The number of nitrogen functional groups attached to an aromatic ring is 1. The van der Waals surface area contributed by atoms with Crippen LogP contribution in [0.1, 0.15) is 72.6 Å². The van der Waals surface area contributed by atoms with Gasteiger partial charge in [0.2, 0.25) is 0 Å². The van der Waals surface area contributed by atoms with Crippen LogP contribution in [-0.4, -0.2) is 47.4 Å². The predicted octanol–water partition coefficient (Wildman–Crippen LogP) is 5.48. The smallest absolute Gasteiger partial charge is 0.459 e. The molecule has 14 heteroatoms. The number of anilines is 1. The molecule has 0 bridgehead atoms. The van der Waals surface area contributed by atoms with Crippen molar-refractivity contribution in [2.75, 3.05) is 25.6 Å². The minimum Gasteiger partial charge on any atom is -0.465 e. The molecule has 3 N–H and O–H groups in total. The van der Waals surface area contributed by atoms with E-state index in [1.807, 2.05) is 6.92 Å². The van der Waals surface area contributed by atoms with Gasteiger partial charge in [0.1, 0.15) is 18.4 Å². The Morgan fingerprint density at radius 1 is 1.13 bits per heavy atom. The highest BCUT2D eigenvalue weighted by Gasteiger charge is 2.52. The van der Waals surface area contributed by atoms with E-state index in [-0.39, 0.29) is 44.3 Å². The van der Waals surface area contributed by atoms with E-state index in [0.29, 0.717) is 12.0 Å². The molecule has 45 heavy (non-hydrogen) atoms. The van der Waals surface area contributed by atoms with Crippen LogP contribution in [0.25, 0.3) is 6.20 Å². The summed E-state index contributed by atoms with van der Waals surface area (Å²) in [7, 11) is -4.25. The zero-order valence-electron chi connectivity index (χ0n) is 26.3. The number of para-hydroxylation sites is 1. The van der Waals surface area contributed by atoms with Gasteiger partial charge >= 0.3 is 25.4 Å². The van der Waals surface area contributed by atoms with Gasteiger partial charge in [-0.05, 0) is 56.2 Å². The van der Waals surface area contributed by atoms with Gasteiger partial charge < -0.3 is 19.7 Å². The van der Waals surface area contributed by atoms with Gasteiger partial charge in [-0.15, -0.1) is 0 Å². The first-order valence-corrected chi connectivity index (χ1v) is 16.8. The molecule has 2 aromatic rings. The third kappa shape index (κ3) is 10.8. The van der Waals surface area contributed by atoms with Gasteiger partial charge in [-0.2, -0.15) is 10.1 Å². The van der Waals surface area contributed by atoms with Crippen LogP contribution in [0.5, 0.6) is 5.75 Å². The van der Waals surface area contributed by atoms with Crippen LogP contribution >= 0.6 is 7.75 Å². The molecular formula is C31H44FN4O8P. The fraction of sp³-hybridized carbons (Fsp3) is 0.548. The lowest BCUT2D eigenvalue weighted by Crippen LogP contribution is -2.36. The summed E-state index contributed by atoms with van der Waals surface area (Å²) in [6.07, 6.45) is 7.07. The second-order valence-corrected chi connectivity index (χ2v) is 13.0. The lowest BCUT2D eigenvalue weighted by Gasteiger charge is -2.25. The van der Waals surface area contributed by atoms with Gasteiger partial charge in [0.15, 0.2) is 11.6 Å². The summed E-state index contributed by atoms with van der Waals surface area (Å²) in [4.78, 5) is 40.9. The molecule has 0 aliphatic heterocycles. The van der Waals surface area contributed by atoms with Crippen molar-refractivity contribution < 1.29 is 37.1 Å². The molecule has 1 aromatic carbocycles. The summed E-state index contributed by atoms with van der Waals surface area (Å²) in [5.41, 5.74) is 4.14. The number of nitrogens with zero attached hydrogens (tertiary/aromatic N) is 2. The Balaban J connectivity index is 1.82. The van der Waals surface area contributed by atoms with Gasteiger partial charge in [-0.1, -0.05) is 51.8 Å². The third-order valence-corrected chi connectivity index (χ3v) is 8.94.